The van der Waals surface area contributed by atoms with Gasteiger partial charge in [-0.25, -0.2) is 9.78 Å². The lowest BCUT2D eigenvalue weighted by Crippen LogP contribution is -2.37. The van der Waals surface area contributed by atoms with Crippen molar-refractivity contribution in [2.75, 3.05) is 51.9 Å². The molecular weight excluding hydrogens is 521 g/mol. The summed E-state index contributed by atoms with van der Waals surface area (Å²) in [4.78, 5) is 28.9. The van der Waals surface area contributed by atoms with Crippen molar-refractivity contribution in [2.24, 2.45) is 5.73 Å². The van der Waals surface area contributed by atoms with Crippen LogP contribution in [0.15, 0.2) is 36.5 Å². The number of halogens is 3. The first-order valence-corrected chi connectivity index (χ1v) is 12.3. The highest BCUT2D eigenvalue weighted by Gasteiger charge is 2.33. The number of alkyl halides is 3. The number of nitrogens with two attached hydrogens (primary N) is 1. The molecule has 0 bridgehead atoms. The number of nitrogens with one attached hydrogen (secondary N) is 1. The van der Waals surface area contributed by atoms with Gasteiger partial charge in [-0.05, 0) is 31.0 Å². The quantitative estimate of drug-likeness (QED) is 0.367. The Morgan fingerprint density at radius 3 is 2.62 bits per heavy atom. The summed E-state index contributed by atoms with van der Waals surface area (Å²) in [5.74, 6) is -0.466. The van der Waals surface area contributed by atoms with Crippen molar-refractivity contribution in [3.8, 4) is 5.75 Å². The lowest BCUT2D eigenvalue weighted by molar-refractivity contribution is -0.141. The SMILES string of the molecule is COc1cc2nn(C3CCN(CCOCCOC(N)=O)CC3)cc2cc1NC(=O)c1cccc(C(F)(F)F)n1. The number of pyridine rings is 1. The van der Waals surface area contributed by atoms with Gasteiger partial charge in [0.1, 0.15) is 23.7 Å². The first kappa shape index (κ1) is 28.1. The molecule has 3 heterocycles. The number of carbonyl (C=O) groups excluding carboxylic acids is 2. The van der Waals surface area contributed by atoms with Crippen molar-refractivity contribution in [3.63, 3.8) is 0 Å². The van der Waals surface area contributed by atoms with Gasteiger partial charge >= 0.3 is 12.3 Å². The molecule has 0 aliphatic carbocycles. The van der Waals surface area contributed by atoms with Gasteiger partial charge < -0.3 is 30.2 Å². The number of amides is 2. The van der Waals surface area contributed by atoms with E-state index in [0.29, 0.717) is 30.2 Å². The predicted octanol–water partition coefficient (Wildman–Crippen LogP) is 3.46. The molecule has 0 unspecified atom stereocenters. The van der Waals surface area contributed by atoms with Crippen molar-refractivity contribution in [1.29, 1.82) is 0 Å². The van der Waals surface area contributed by atoms with Crippen LogP contribution < -0.4 is 15.8 Å². The molecule has 3 N–H and O–H groups in total. The van der Waals surface area contributed by atoms with Crippen molar-refractivity contribution in [1.82, 2.24) is 19.7 Å². The third-order valence-corrected chi connectivity index (χ3v) is 6.32. The van der Waals surface area contributed by atoms with Crippen molar-refractivity contribution >= 4 is 28.6 Å². The standard InChI is InChI=1S/C25H29F3N6O5/c1-37-21-14-19-16(13-20(21)31-23(35)18-3-2-4-22(30-18)25(26,27)28)15-34(32-19)17-5-7-33(8-6-17)9-10-38-11-12-39-24(29)36/h2-4,13-15,17H,5-12H2,1H3,(H2,29,36)(H,31,35). The Morgan fingerprint density at radius 1 is 1.15 bits per heavy atom. The van der Waals surface area contributed by atoms with E-state index in [1.807, 2.05) is 10.9 Å². The average Bonchev–Trinajstić information content (AvgIpc) is 3.32. The molecule has 0 spiro atoms. The second-order valence-electron chi connectivity index (χ2n) is 8.93. The smallest absolute Gasteiger partial charge is 0.433 e. The number of hydrogen-bond acceptors (Lipinski definition) is 8. The Kier molecular flexibility index (Phi) is 8.86. The summed E-state index contributed by atoms with van der Waals surface area (Å²) in [6, 6.07) is 6.68. The molecule has 0 radical (unpaired) electrons. The fourth-order valence-electron chi connectivity index (χ4n) is 4.34. The van der Waals surface area contributed by atoms with Gasteiger partial charge in [-0.3, -0.25) is 9.48 Å². The fourth-order valence-corrected chi connectivity index (χ4v) is 4.34. The van der Waals surface area contributed by atoms with E-state index in [1.165, 1.54) is 13.2 Å². The van der Waals surface area contributed by atoms with Crippen LogP contribution in [0.25, 0.3) is 10.9 Å². The lowest BCUT2D eigenvalue weighted by atomic mass is 10.1. The molecule has 3 aromatic rings. The summed E-state index contributed by atoms with van der Waals surface area (Å²) in [5.41, 5.74) is 4.35. The van der Waals surface area contributed by atoms with Crippen LogP contribution in [0.5, 0.6) is 5.75 Å². The molecular formula is C25H29F3N6O5. The minimum Gasteiger partial charge on any atom is -0.494 e. The molecule has 4 rings (SSSR count). The molecule has 0 saturated carbocycles. The highest BCUT2D eigenvalue weighted by molar-refractivity contribution is 6.05. The third-order valence-electron chi connectivity index (χ3n) is 6.32. The number of carbonyl (C=O) groups is 2. The largest absolute Gasteiger partial charge is 0.494 e. The van der Waals surface area contributed by atoms with Gasteiger partial charge in [0.2, 0.25) is 0 Å². The molecule has 2 amide bonds. The van der Waals surface area contributed by atoms with Crippen LogP contribution in [0, 0.1) is 0 Å². The van der Waals surface area contributed by atoms with Crippen LogP contribution in [0.3, 0.4) is 0 Å². The number of ether oxygens (including phenoxy) is 3. The molecule has 1 saturated heterocycles. The number of rotatable bonds is 10. The lowest BCUT2D eigenvalue weighted by Gasteiger charge is -2.31. The van der Waals surface area contributed by atoms with Crippen LogP contribution in [0.1, 0.15) is 35.1 Å². The van der Waals surface area contributed by atoms with Crippen LogP contribution in [-0.4, -0.2) is 78.2 Å². The zero-order valence-electron chi connectivity index (χ0n) is 21.2. The van der Waals surface area contributed by atoms with Crippen LogP contribution >= 0.6 is 0 Å². The average molecular weight is 551 g/mol. The van der Waals surface area contributed by atoms with Gasteiger partial charge in [0.15, 0.2) is 0 Å². The Labute approximate surface area is 222 Å². The summed E-state index contributed by atoms with van der Waals surface area (Å²) >= 11 is 0. The van der Waals surface area contributed by atoms with Crippen molar-refractivity contribution < 1.29 is 37.0 Å². The molecule has 210 valence electrons. The maximum absolute atomic E-state index is 13.0. The number of methoxy groups -OCH3 is 1. The molecule has 1 fully saturated rings. The number of fused-ring (bicyclic) bond motifs is 1. The normalized spacial score (nSPS) is 14.9. The number of piperidine rings is 1. The first-order valence-electron chi connectivity index (χ1n) is 12.3. The summed E-state index contributed by atoms with van der Waals surface area (Å²) in [5, 5.41) is 8.04. The molecule has 1 aliphatic heterocycles. The number of aromatic nitrogens is 3. The predicted molar refractivity (Wildman–Crippen MR) is 135 cm³/mol. The zero-order valence-corrected chi connectivity index (χ0v) is 21.2. The number of benzene rings is 1. The van der Waals surface area contributed by atoms with E-state index in [9.17, 15) is 22.8 Å². The van der Waals surface area contributed by atoms with Crippen molar-refractivity contribution in [2.45, 2.75) is 25.1 Å². The fraction of sp³-hybridized carbons (Fsp3) is 0.440. The number of nitrogens with zero attached hydrogens (tertiary/aromatic N) is 4. The molecule has 14 heteroatoms. The van der Waals surface area contributed by atoms with E-state index in [0.717, 1.165) is 50.0 Å². The van der Waals surface area contributed by atoms with E-state index in [-0.39, 0.29) is 18.3 Å². The molecule has 1 aromatic carbocycles. The monoisotopic (exact) mass is 550 g/mol. The molecule has 39 heavy (non-hydrogen) atoms. The van der Waals surface area contributed by atoms with E-state index < -0.39 is 23.9 Å². The number of primary amides is 1. The van der Waals surface area contributed by atoms with Gasteiger partial charge in [-0.15, -0.1) is 0 Å². The second kappa shape index (κ2) is 12.3. The topological polar surface area (TPSA) is 134 Å². The highest BCUT2D eigenvalue weighted by Crippen LogP contribution is 2.32. The summed E-state index contributed by atoms with van der Waals surface area (Å²) < 4.78 is 56.4. The summed E-state index contributed by atoms with van der Waals surface area (Å²) in [7, 11) is 1.43. The molecule has 0 atom stereocenters. The van der Waals surface area contributed by atoms with Gasteiger partial charge in [0, 0.05) is 37.3 Å². The number of likely N-dealkylation sites (tertiary alicyclic amines) is 1. The van der Waals surface area contributed by atoms with E-state index in [1.54, 1.807) is 12.1 Å². The van der Waals surface area contributed by atoms with Crippen LogP contribution in [0.2, 0.25) is 0 Å². The Balaban J connectivity index is 1.37. The van der Waals surface area contributed by atoms with E-state index >= 15 is 0 Å². The second-order valence-corrected chi connectivity index (χ2v) is 8.93. The minimum atomic E-state index is -4.66. The summed E-state index contributed by atoms with van der Waals surface area (Å²) in [6.45, 7) is 3.41. The first-order chi connectivity index (χ1) is 18.6. The minimum absolute atomic E-state index is 0.128. The molecule has 1 aliphatic rings. The zero-order chi connectivity index (χ0) is 28.0. The number of anilines is 1. The number of hydrogen-bond donors (Lipinski definition) is 2. The molecule has 11 nitrogen and oxygen atoms in total. The third kappa shape index (κ3) is 7.35. The summed E-state index contributed by atoms with van der Waals surface area (Å²) in [6.07, 6.45) is -1.84. The van der Waals surface area contributed by atoms with Gasteiger partial charge in [0.25, 0.3) is 5.91 Å². The van der Waals surface area contributed by atoms with Crippen molar-refractivity contribution in [3.05, 3.63) is 47.9 Å². The maximum atomic E-state index is 13.0. The Morgan fingerprint density at radius 2 is 1.92 bits per heavy atom. The maximum Gasteiger partial charge on any atom is 0.433 e. The highest BCUT2D eigenvalue weighted by atomic mass is 19.4. The molecule has 2 aromatic heterocycles. The van der Waals surface area contributed by atoms with Gasteiger partial charge in [0.05, 0.1) is 37.6 Å². The Bertz CT molecular complexity index is 1310. The Hall–Kier alpha value is -3.91. The van der Waals surface area contributed by atoms with Crippen LogP contribution in [0.4, 0.5) is 23.7 Å². The van der Waals surface area contributed by atoms with E-state index in [4.69, 9.17) is 15.2 Å². The van der Waals surface area contributed by atoms with Gasteiger partial charge in [-0.2, -0.15) is 18.3 Å². The van der Waals surface area contributed by atoms with Crippen LogP contribution in [-0.2, 0) is 15.7 Å². The van der Waals surface area contributed by atoms with Gasteiger partial charge in [-0.1, -0.05) is 6.07 Å². The van der Waals surface area contributed by atoms with E-state index in [2.05, 4.69) is 25.0 Å².